The number of halogens is 2. The molecule has 2 fully saturated rings. The number of amides is 1. The van der Waals surface area contributed by atoms with Crippen LogP contribution in [0.4, 0.5) is 8.78 Å². The van der Waals surface area contributed by atoms with E-state index in [1.165, 1.54) is 14.7 Å². The van der Waals surface area contributed by atoms with Gasteiger partial charge in [-0.25, -0.2) is 23.1 Å². The molecule has 7 heterocycles. The van der Waals surface area contributed by atoms with E-state index >= 15 is 9.18 Å². The van der Waals surface area contributed by atoms with Crippen molar-refractivity contribution in [2.75, 3.05) is 26.4 Å². The van der Waals surface area contributed by atoms with Gasteiger partial charge in [0.05, 0.1) is 41.4 Å². The van der Waals surface area contributed by atoms with Gasteiger partial charge in [-0.05, 0) is 117 Å². The first-order valence-corrected chi connectivity index (χ1v) is 21.8. The number of nitrogens with one attached hydrogen (secondary N) is 1. The van der Waals surface area contributed by atoms with E-state index in [1.807, 2.05) is 34.6 Å². The van der Waals surface area contributed by atoms with Crippen LogP contribution in [-0.2, 0) is 23.2 Å². The molecule has 17 heteroatoms. The van der Waals surface area contributed by atoms with Crippen LogP contribution in [0.3, 0.4) is 0 Å². The van der Waals surface area contributed by atoms with Gasteiger partial charge < -0.3 is 14.2 Å². The van der Waals surface area contributed by atoms with E-state index in [-0.39, 0.29) is 24.2 Å². The molecule has 328 valence electrons. The number of aromatic amines is 1. The fourth-order valence-corrected chi connectivity index (χ4v) is 10.4. The van der Waals surface area contributed by atoms with Gasteiger partial charge in [-0.2, -0.15) is 10.2 Å². The topological polar surface area (TPSA) is 156 Å². The molecule has 0 radical (unpaired) electrons. The Morgan fingerprint density at radius 2 is 1.69 bits per heavy atom. The summed E-state index contributed by atoms with van der Waals surface area (Å²) in [5, 5.41) is 15.2. The second kappa shape index (κ2) is 14.9. The van der Waals surface area contributed by atoms with Crippen LogP contribution in [0.15, 0.2) is 87.3 Å². The molecule has 1 amide bonds. The number of fused-ring (bicyclic) bond motifs is 3. The van der Waals surface area contributed by atoms with Crippen LogP contribution in [0.5, 0.6) is 0 Å². The number of rotatable bonds is 9. The van der Waals surface area contributed by atoms with Gasteiger partial charge in [0, 0.05) is 60.4 Å². The highest BCUT2D eigenvalue weighted by atomic mass is 19.1. The number of H-pyrrole nitrogens is 1. The summed E-state index contributed by atoms with van der Waals surface area (Å²) in [5.74, 6) is -0.0745. The van der Waals surface area contributed by atoms with E-state index in [4.69, 9.17) is 14.4 Å². The van der Waals surface area contributed by atoms with Gasteiger partial charge in [-0.1, -0.05) is 18.1 Å². The lowest BCUT2D eigenvalue weighted by Crippen LogP contribution is -2.41. The second-order valence-electron chi connectivity index (χ2n) is 17.6. The van der Waals surface area contributed by atoms with Crippen molar-refractivity contribution >= 4 is 27.7 Å². The molecule has 5 aromatic heterocycles. The molecule has 1 saturated carbocycles. The molecule has 1 saturated heterocycles. The van der Waals surface area contributed by atoms with Crippen molar-refractivity contribution in [3.8, 4) is 17.2 Å². The number of benzene rings is 3. The van der Waals surface area contributed by atoms with Crippen LogP contribution in [0, 0.1) is 25.6 Å². The van der Waals surface area contributed by atoms with Crippen LogP contribution in [-0.4, -0.2) is 80.6 Å². The molecule has 3 aliphatic rings. The van der Waals surface area contributed by atoms with Crippen molar-refractivity contribution in [3.63, 3.8) is 0 Å². The smallest absolute Gasteiger partial charge is 0.381 e. The van der Waals surface area contributed by atoms with Crippen LogP contribution in [0.2, 0.25) is 0 Å². The van der Waals surface area contributed by atoms with Gasteiger partial charge in [0.25, 0.3) is 5.91 Å². The van der Waals surface area contributed by atoms with Crippen molar-refractivity contribution in [3.05, 3.63) is 140 Å². The third-order valence-corrected chi connectivity index (χ3v) is 13.8. The number of carbonyl (C=O) groups excluding carboxylic acids is 1. The van der Waals surface area contributed by atoms with Gasteiger partial charge in [0.1, 0.15) is 29.5 Å². The quantitative estimate of drug-likeness (QED) is 0.163. The second-order valence-corrected chi connectivity index (χ2v) is 17.6. The molecular formula is C47H46F2N10O5. The highest BCUT2D eigenvalue weighted by molar-refractivity contribution is 6.00. The van der Waals surface area contributed by atoms with Crippen LogP contribution in [0.25, 0.3) is 39.0 Å². The Hall–Kier alpha value is -6.88. The van der Waals surface area contributed by atoms with Crippen molar-refractivity contribution in [2.45, 2.75) is 77.4 Å². The number of hydrogen-bond donors (Lipinski definition) is 1. The Balaban J connectivity index is 1.05. The lowest BCUT2D eigenvalue weighted by Gasteiger charge is -2.34. The Morgan fingerprint density at radius 1 is 0.938 bits per heavy atom. The largest absolute Gasteiger partial charge is 0.438 e. The Morgan fingerprint density at radius 3 is 2.41 bits per heavy atom. The summed E-state index contributed by atoms with van der Waals surface area (Å²) in [6.45, 7) is 8.69. The Kier molecular flexibility index (Phi) is 9.27. The molecule has 0 unspecified atom stereocenters. The Bertz CT molecular complexity index is 3260. The fourth-order valence-electron chi connectivity index (χ4n) is 10.4. The number of alkyl halides is 1. The third kappa shape index (κ3) is 6.07. The summed E-state index contributed by atoms with van der Waals surface area (Å²) in [5.41, 5.74) is 5.39. The maximum absolute atomic E-state index is 15.5. The van der Waals surface area contributed by atoms with Gasteiger partial charge in [-0.15, -0.1) is 0 Å². The summed E-state index contributed by atoms with van der Waals surface area (Å²) in [7, 11) is 0. The highest BCUT2D eigenvalue weighted by Crippen LogP contribution is 2.56. The van der Waals surface area contributed by atoms with E-state index in [9.17, 15) is 14.0 Å². The molecule has 0 spiro atoms. The minimum atomic E-state index is -0.831. The number of imidazole rings is 1. The van der Waals surface area contributed by atoms with E-state index in [0.29, 0.717) is 89.6 Å². The molecular weight excluding hydrogens is 823 g/mol. The molecule has 8 aromatic rings. The maximum Gasteiger partial charge on any atom is 0.438 e. The molecule has 64 heavy (non-hydrogen) atoms. The van der Waals surface area contributed by atoms with Crippen LogP contribution < -0.4 is 11.4 Å². The molecule has 2 aliphatic heterocycles. The van der Waals surface area contributed by atoms with Crippen molar-refractivity contribution in [1.29, 1.82) is 0 Å². The zero-order valence-corrected chi connectivity index (χ0v) is 35.8. The number of aryl methyl sites for hydroxylation is 3. The number of nitrogens with zero attached hydrogens (tertiary/aromatic N) is 9. The first-order valence-electron chi connectivity index (χ1n) is 21.8. The molecule has 0 bridgehead atoms. The maximum atomic E-state index is 15.5. The molecule has 3 aromatic carbocycles. The highest BCUT2D eigenvalue weighted by Gasteiger charge is 2.59. The summed E-state index contributed by atoms with van der Waals surface area (Å²) in [6, 6.07) is 16.6. The monoisotopic (exact) mass is 868 g/mol. The number of carbonyl (C=O) groups is 1. The molecule has 1 N–H and O–H groups in total. The summed E-state index contributed by atoms with van der Waals surface area (Å²) >= 11 is 0. The SMILES string of the molecule is Cc1cc(-n2nc3c(c2-n2ccn(-c4ccc5c(cnn5CCF)c4)c2=O)[C@H](C)N(C(=O)c2cc4cc(C5CCOCC5)ccc4n2[C@@]2(c4noc(=O)[nH]4)C[C@@H]2C)CC3)cc(C)c1F. The molecule has 1 aliphatic carbocycles. The molecule has 15 nitrogen and oxygen atoms in total. The summed E-state index contributed by atoms with van der Waals surface area (Å²) < 4.78 is 47.4. The zero-order valence-electron chi connectivity index (χ0n) is 35.8. The predicted molar refractivity (Wildman–Crippen MR) is 233 cm³/mol. The molecule has 11 rings (SSSR count). The summed E-state index contributed by atoms with van der Waals surface area (Å²) in [6.07, 6.45) is 7.83. The lowest BCUT2D eigenvalue weighted by atomic mass is 9.91. The minimum Gasteiger partial charge on any atom is -0.381 e. The van der Waals surface area contributed by atoms with E-state index in [2.05, 4.69) is 40.4 Å². The average molecular weight is 869 g/mol. The minimum absolute atomic E-state index is 0.0198. The average Bonchev–Trinajstić information content (AvgIpc) is 3.94. The van der Waals surface area contributed by atoms with Gasteiger partial charge >= 0.3 is 11.4 Å². The van der Waals surface area contributed by atoms with Gasteiger partial charge in [0.2, 0.25) is 0 Å². The van der Waals surface area contributed by atoms with Crippen molar-refractivity contribution in [2.24, 2.45) is 5.92 Å². The predicted octanol–water partition coefficient (Wildman–Crippen LogP) is 6.96. The summed E-state index contributed by atoms with van der Waals surface area (Å²) in [4.78, 5) is 47.2. The third-order valence-electron chi connectivity index (χ3n) is 13.8. The van der Waals surface area contributed by atoms with Crippen LogP contribution in [0.1, 0.15) is 89.3 Å². The fraction of sp³-hybridized carbons (Fsp3) is 0.362. The van der Waals surface area contributed by atoms with Crippen LogP contribution >= 0.6 is 0 Å². The number of hydrogen-bond acceptors (Lipinski definition) is 8. The number of ether oxygens (including phenoxy) is 1. The standard InChI is InChI=1S/C47H46F2N10O5/c1-26-19-35(20-27(2)41(26)49)59-42(56-16-15-55(46(56)62)34-6-8-37-33(22-34)25-50-57(37)14-12-48)40-29(4)54(13-9-36(40)52-59)43(60)39-23-32-21-31(30-10-17-63-18-11-30)5-7-38(32)58(39)47(24-28(47)3)44-51-45(61)64-53-44/h5-8,15-16,19-23,25,28-30H,9-14,17-18,24H2,1-4H3,(H,51,53,61)/t28-,29-,47-/m0/s1. The zero-order chi connectivity index (χ0) is 44.2. The van der Waals surface area contributed by atoms with Crippen molar-refractivity contribution < 1.29 is 22.8 Å². The lowest BCUT2D eigenvalue weighted by molar-refractivity contribution is 0.0663. The Labute approximate surface area is 364 Å². The normalized spacial score (nSPS) is 20.1. The van der Waals surface area contributed by atoms with E-state index in [1.54, 1.807) is 60.0 Å². The molecule has 3 atom stereocenters. The first kappa shape index (κ1) is 39.9. The van der Waals surface area contributed by atoms with Gasteiger partial charge in [0.15, 0.2) is 5.82 Å². The first-order chi connectivity index (χ1) is 31.0. The van der Waals surface area contributed by atoms with E-state index < -0.39 is 29.7 Å². The van der Waals surface area contributed by atoms with E-state index in [0.717, 1.165) is 34.6 Å². The van der Waals surface area contributed by atoms with Crippen molar-refractivity contribution in [1.82, 2.24) is 48.3 Å². The van der Waals surface area contributed by atoms with Gasteiger partial charge in [-0.3, -0.25) is 28.1 Å². The number of aromatic nitrogens is 9.